The maximum atomic E-state index is 12.1. The summed E-state index contributed by atoms with van der Waals surface area (Å²) in [6.07, 6.45) is 0. The largest absolute Gasteiger partial charge is 0.379 e. The Morgan fingerprint density at radius 1 is 1.17 bits per heavy atom. The summed E-state index contributed by atoms with van der Waals surface area (Å²) in [5.41, 5.74) is 2.81. The molecule has 1 N–H and O–H groups in total. The van der Waals surface area contributed by atoms with Crippen molar-refractivity contribution >= 4 is 15.9 Å². The molecule has 1 aromatic rings. The summed E-state index contributed by atoms with van der Waals surface area (Å²) >= 11 is 0. The Labute approximate surface area is 108 Å². The number of benzene rings is 1. The van der Waals surface area contributed by atoms with Gasteiger partial charge in [0.15, 0.2) is 0 Å². The van der Waals surface area contributed by atoms with E-state index in [0.717, 1.165) is 11.1 Å². The highest BCUT2D eigenvalue weighted by atomic mass is 32.2. The first-order valence-corrected chi connectivity index (χ1v) is 7.36. The Morgan fingerprint density at radius 2 is 1.83 bits per heavy atom. The molecule has 0 saturated carbocycles. The van der Waals surface area contributed by atoms with Gasteiger partial charge in [0.05, 0.1) is 18.9 Å². The van der Waals surface area contributed by atoms with Gasteiger partial charge in [-0.2, -0.15) is 12.7 Å². The molecule has 5 nitrogen and oxygen atoms in total. The van der Waals surface area contributed by atoms with E-state index in [1.165, 1.54) is 4.31 Å². The molecule has 0 spiro atoms. The molecule has 1 aliphatic heterocycles. The molecule has 2 rings (SSSR count). The second kappa shape index (κ2) is 5.26. The zero-order valence-electron chi connectivity index (χ0n) is 10.6. The van der Waals surface area contributed by atoms with Gasteiger partial charge in [-0.1, -0.05) is 6.07 Å². The van der Waals surface area contributed by atoms with E-state index in [0.29, 0.717) is 32.0 Å². The van der Waals surface area contributed by atoms with Crippen LogP contribution in [-0.4, -0.2) is 39.0 Å². The zero-order chi connectivity index (χ0) is 13.2. The molecule has 18 heavy (non-hydrogen) atoms. The first kappa shape index (κ1) is 13.3. The van der Waals surface area contributed by atoms with Crippen LogP contribution in [0, 0.1) is 13.8 Å². The van der Waals surface area contributed by atoms with Crippen molar-refractivity contribution in [2.24, 2.45) is 0 Å². The van der Waals surface area contributed by atoms with Gasteiger partial charge in [0.25, 0.3) is 0 Å². The summed E-state index contributed by atoms with van der Waals surface area (Å²) in [5.74, 6) is 0. The lowest BCUT2D eigenvalue weighted by molar-refractivity contribution is 0.0733. The van der Waals surface area contributed by atoms with Crippen LogP contribution < -0.4 is 4.72 Å². The fourth-order valence-electron chi connectivity index (χ4n) is 1.81. The molecule has 100 valence electrons. The van der Waals surface area contributed by atoms with Gasteiger partial charge in [0, 0.05) is 13.1 Å². The minimum absolute atomic E-state index is 0.403. The van der Waals surface area contributed by atoms with E-state index in [-0.39, 0.29) is 0 Å². The molecule has 1 aromatic carbocycles. The van der Waals surface area contributed by atoms with Crippen molar-refractivity contribution in [2.75, 3.05) is 31.0 Å². The second-order valence-corrected chi connectivity index (χ2v) is 6.09. The number of hydrogen-bond acceptors (Lipinski definition) is 3. The van der Waals surface area contributed by atoms with E-state index in [1.54, 1.807) is 6.07 Å². The van der Waals surface area contributed by atoms with Gasteiger partial charge in [0.1, 0.15) is 0 Å². The Bertz CT molecular complexity index is 522. The van der Waals surface area contributed by atoms with Crippen LogP contribution in [0.5, 0.6) is 0 Å². The lowest BCUT2D eigenvalue weighted by Gasteiger charge is -2.26. The highest BCUT2D eigenvalue weighted by Crippen LogP contribution is 2.17. The van der Waals surface area contributed by atoms with Crippen LogP contribution in [0.1, 0.15) is 11.1 Å². The maximum absolute atomic E-state index is 12.1. The van der Waals surface area contributed by atoms with E-state index in [9.17, 15) is 8.42 Å². The van der Waals surface area contributed by atoms with E-state index < -0.39 is 10.2 Å². The maximum Gasteiger partial charge on any atom is 0.301 e. The molecular weight excluding hydrogens is 252 g/mol. The Kier molecular flexibility index (Phi) is 3.89. The third-order valence-electron chi connectivity index (χ3n) is 3.06. The highest BCUT2D eigenvalue weighted by Gasteiger charge is 2.24. The van der Waals surface area contributed by atoms with Crippen LogP contribution in [0.3, 0.4) is 0 Å². The minimum Gasteiger partial charge on any atom is -0.379 e. The van der Waals surface area contributed by atoms with Crippen LogP contribution in [0.4, 0.5) is 5.69 Å². The first-order valence-electron chi connectivity index (χ1n) is 5.92. The second-order valence-electron chi connectivity index (χ2n) is 4.42. The molecule has 1 heterocycles. The van der Waals surface area contributed by atoms with Crippen molar-refractivity contribution in [1.29, 1.82) is 0 Å². The molecule has 0 bridgehead atoms. The molecule has 1 saturated heterocycles. The van der Waals surface area contributed by atoms with Crippen molar-refractivity contribution < 1.29 is 13.2 Å². The summed E-state index contributed by atoms with van der Waals surface area (Å²) in [7, 11) is -3.46. The van der Waals surface area contributed by atoms with Crippen LogP contribution >= 0.6 is 0 Å². The SMILES string of the molecule is Cc1ccc(NS(=O)(=O)N2CCOCC2)cc1C. The standard InChI is InChI=1S/C12H18N2O3S/c1-10-3-4-12(9-11(10)2)13-18(15,16)14-5-7-17-8-6-14/h3-4,9,13H,5-8H2,1-2H3. The van der Waals surface area contributed by atoms with Gasteiger partial charge >= 0.3 is 10.2 Å². The predicted molar refractivity (Wildman–Crippen MR) is 70.9 cm³/mol. The number of nitrogens with one attached hydrogen (secondary N) is 1. The fraction of sp³-hybridized carbons (Fsp3) is 0.500. The van der Waals surface area contributed by atoms with Crippen molar-refractivity contribution in [1.82, 2.24) is 4.31 Å². The lowest BCUT2D eigenvalue weighted by Crippen LogP contribution is -2.43. The molecule has 0 aromatic heterocycles. The number of ether oxygens (including phenoxy) is 1. The normalized spacial score (nSPS) is 17.7. The number of rotatable bonds is 3. The van der Waals surface area contributed by atoms with Crippen molar-refractivity contribution in [3.63, 3.8) is 0 Å². The molecule has 0 radical (unpaired) electrons. The number of morpholine rings is 1. The van der Waals surface area contributed by atoms with Gasteiger partial charge < -0.3 is 4.74 Å². The first-order chi connectivity index (χ1) is 8.49. The third-order valence-corrected chi connectivity index (χ3v) is 4.60. The lowest BCUT2D eigenvalue weighted by atomic mass is 10.1. The van der Waals surface area contributed by atoms with E-state index in [2.05, 4.69) is 4.72 Å². The Hall–Kier alpha value is -1.11. The van der Waals surface area contributed by atoms with Gasteiger partial charge in [0.2, 0.25) is 0 Å². The molecular formula is C12H18N2O3S. The molecule has 1 aliphatic rings. The van der Waals surface area contributed by atoms with Gasteiger partial charge in [-0.05, 0) is 37.1 Å². The van der Waals surface area contributed by atoms with Gasteiger partial charge in [-0.3, -0.25) is 4.72 Å². The molecule has 0 aliphatic carbocycles. The molecule has 0 amide bonds. The summed E-state index contributed by atoms with van der Waals surface area (Å²) in [4.78, 5) is 0. The summed E-state index contributed by atoms with van der Waals surface area (Å²) in [6, 6.07) is 5.53. The third kappa shape index (κ3) is 3.01. The molecule has 6 heteroatoms. The average Bonchev–Trinajstić information content (AvgIpc) is 2.35. The summed E-state index contributed by atoms with van der Waals surface area (Å²) < 4.78 is 33.4. The highest BCUT2D eigenvalue weighted by molar-refractivity contribution is 7.90. The topological polar surface area (TPSA) is 58.6 Å². The van der Waals surface area contributed by atoms with E-state index >= 15 is 0 Å². The summed E-state index contributed by atoms with van der Waals surface area (Å²) in [6.45, 7) is 5.67. The Balaban J connectivity index is 2.13. The van der Waals surface area contributed by atoms with Crippen LogP contribution in [0.15, 0.2) is 18.2 Å². The average molecular weight is 270 g/mol. The molecule has 0 unspecified atom stereocenters. The number of anilines is 1. The van der Waals surface area contributed by atoms with Crippen molar-refractivity contribution in [2.45, 2.75) is 13.8 Å². The summed E-state index contributed by atoms with van der Waals surface area (Å²) in [5, 5.41) is 0. The fourth-order valence-corrected chi connectivity index (χ4v) is 2.99. The Morgan fingerprint density at radius 3 is 2.44 bits per heavy atom. The van der Waals surface area contributed by atoms with Crippen LogP contribution in [0.25, 0.3) is 0 Å². The molecule has 0 atom stereocenters. The van der Waals surface area contributed by atoms with Crippen molar-refractivity contribution in [3.8, 4) is 0 Å². The smallest absolute Gasteiger partial charge is 0.301 e. The van der Waals surface area contributed by atoms with Crippen molar-refractivity contribution in [3.05, 3.63) is 29.3 Å². The number of hydrogen-bond donors (Lipinski definition) is 1. The molecule has 1 fully saturated rings. The number of nitrogens with zero attached hydrogens (tertiary/aromatic N) is 1. The monoisotopic (exact) mass is 270 g/mol. The zero-order valence-corrected chi connectivity index (χ0v) is 11.5. The predicted octanol–water partition coefficient (Wildman–Crippen LogP) is 1.29. The van der Waals surface area contributed by atoms with E-state index in [1.807, 2.05) is 26.0 Å². The minimum atomic E-state index is -3.46. The van der Waals surface area contributed by atoms with Gasteiger partial charge in [-0.15, -0.1) is 0 Å². The van der Waals surface area contributed by atoms with E-state index in [4.69, 9.17) is 4.74 Å². The van der Waals surface area contributed by atoms with Gasteiger partial charge in [-0.25, -0.2) is 0 Å². The van der Waals surface area contributed by atoms with Crippen LogP contribution in [-0.2, 0) is 14.9 Å². The number of aryl methyl sites for hydroxylation is 2. The van der Waals surface area contributed by atoms with Crippen LogP contribution in [0.2, 0.25) is 0 Å². The quantitative estimate of drug-likeness (QED) is 0.900.